The van der Waals surface area contributed by atoms with Crippen molar-refractivity contribution in [3.63, 3.8) is 0 Å². The molecular weight excluding hydrogens is 238 g/mol. The van der Waals surface area contributed by atoms with Crippen LogP contribution >= 0.6 is 0 Å². The van der Waals surface area contributed by atoms with Crippen molar-refractivity contribution in [3.05, 3.63) is 0 Å². The van der Waals surface area contributed by atoms with E-state index in [2.05, 4.69) is 0 Å². The molecule has 0 aromatic rings. The van der Waals surface area contributed by atoms with E-state index in [4.69, 9.17) is 4.74 Å². The molecule has 6 heteroatoms. The minimum atomic E-state index is -1.11. The zero-order valence-electron chi connectivity index (χ0n) is 11.1. The lowest BCUT2D eigenvalue weighted by atomic mass is 9.89. The van der Waals surface area contributed by atoms with Gasteiger partial charge in [0.15, 0.2) is 0 Å². The Balaban J connectivity index is 2.78. The van der Waals surface area contributed by atoms with E-state index in [1.54, 1.807) is 20.8 Å². The molecule has 1 rings (SSSR count). The number of amides is 2. The second-order valence-electron chi connectivity index (χ2n) is 5.13. The van der Waals surface area contributed by atoms with Crippen LogP contribution in [-0.4, -0.2) is 33.7 Å². The Bertz CT molecular complexity index is 377. The highest BCUT2D eigenvalue weighted by atomic mass is 16.6. The number of rotatable bonds is 4. The molecule has 0 saturated carbocycles. The number of hydrogen-bond donors (Lipinski definition) is 1. The Morgan fingerprint density at radius 3 is 2.50 bits per heavy atom. The van der Waals surface area contributed by atoms with Crippen LogP contribution in [0.4, 0.5) is 0 Å². The van der Waals surface area contributed by atoms with Crippen molar-refractivity contribution in [2.24, 2.45) is 11.8 Å². The SMILES string of the molecule is CCC(C)C(=O)OC(C)(C)C1CC(=O)N(O)C1=O. The highest BCUT2D eigenvalue weighted by Crippen LogP contribution is 2.32. The zero-order valence-corrected chi connectivity index (χ0v) is 11.1. The minimum Gasteiger partial charge on any atom is -0.459 e. The van der Waals surface area contributed by atoms with Crippen molar-refractivity contribution in [2.75, 3.05) is 0 Å². The Kier molecular flexibility index (Phi) is 4.11. The molecule has 18 heavy (non-hydrogen) atoms. The van der Waals surface area contributed by atoms with E-state index in [0.717, 1.165) is 0 Å². The van der Waals surface area contributed by atoms with E-state index < -0.39 is 29.3 Å². The summed E-state index contributed by atoms with van der Waals surface area (Å²) in [5.74, 6) is -2.89. The Labute approximate surface area is 106 Å². The number of carbonyl (C=O) groups excluding carboxylic acids is 3. The molecule has 6 nitrogen and oxygen atoms in total. The van der Waals surface area contributed by atoms with Crippen LogP contribution in [0.1, 0.15) is 40.5 Å². The quantitative estimate of drug-likeness (QED) is 0.463. The first-order chi connectivity index (χ1) is 8.20. The van der Waals surface area contributed by atoms with Gasteiger partial charge in [0.05, 0.1) is 11.8 Å². The summed E-state index contributed by atoms with van der Waals surface area (Å²) in [5.41, 5.74) is -1.11. The van der Waals surface area contributed by atoms with Crippen LogP contribution in [0.3, 0.4) is 0 Å². The first kappa shape index (κ1) is 14.6. The summed E-state index contributed by atoms with van der Waals surface area (Å²) in [6, 6.07) is 0. The van der Waals surface area contributed by atoms with Gasteiger partial charge < -0.3 is 4.74 Å². The van der Waals surface area contributed by atoms with Crippen LogP contribution in [0.5, 0.6) is 0 Å². The van der Waals surface area contributed by atoms with Crippen molar-refractivity contribution in [2.45, 2.75) is 46.1 Å². The maximum Gasteiger partial charge on any atom is 0.309 e. The largest absolute Gasteiger partial charge is 0.459 e. The first-order valence-electron chi connectivity index (χ1n) is 5.99. The molecule has 1 heterocycles. The maximum absolute atomic E-state index is 11.7. The molecule has 1 aliphatic rings. The van der Waals surface area contributed by atoms with Gasteiger partial charge in [-0.2, -0.15) is 5.06 Å². The lowest BCUT2D eigenvalue weighted by Crippen LogP contribution is -2.42. The molecule has 1 N–H and O–H groups in total. The summed E-state index contributed by atoms with van der Waals surface area (Å²) in [5, 5.41) is 9.28. The van der Waals surface area contributed by atoms with Gasteiger partial charge in [0.25, 0.3) is 11.8 Å². The highest BCUT2D eigenvalue weighted by molar-refractivity contribution is 6.02. The molecule has 0 aromatic heterocycles. The van der Waals surface area contributed by atoms with Gasteiger partial charge in [-0.1, -0.05) is 13.8 Å². The maximum atomic E-state index is 11.7. The van der Waals surface area contributed by atoms with Gasteiger partial charge in [-0.15, -0.1) is 0 Å². The summed E-state index contributed by atoms with van der Waals surface area (Å²) in [6.07, 6.45) is 0.495. The fourth-order valence-corrected chi connectivity index (χ4v) is 1.76. The molecule has 0 radical (unpaired) electrons. The van der Waals surface area contributed by atoms with Crippen LogP contribution in [0.25, 0.3) is 0 Å². The van der Waals surface area contributed by atoms with E-state index in [-0.39, 0.29) is 17.4 Å². The molecule has 102 valence electrons. The van der Waals surface area contributed by atoms with Crippen LogP contribution in [0.15, 0.2) is 0 Å². The number of carbonyl (C=O) groups is 3. The number of nitrogens with zero attached hydrogens (tertiary/aromatic N) is 1. The van der Waals surface area contributed by atoms with E-state index >= 15 is 0 Å². The van der Waals surface area contributed by atoms with Crippen LogP contribution in [0, 0.1) is 11.8 Å². The number of ether oxygens (including phenoxy) is 1. The Morgan fingerprint density at radius 1 is 1.56 bits per heavy atom. The fraction of sp³-hybridized carbons (Fsp3) is 0.750. The summed E-state index contributed by atoms with van der Waals surface area (Å²) >= 11 is 0. The van der Waals surface area contributed by atoms with Crippen LogP contribution in [0.2, 0.25) is 0 Å². The Morgan fingerprint density at radius 2 is 2.11 bits per heavy atom. The molecular formula is C12H19NO5. The van der Waals surface area contributed by atoms with Crippen LogP contribution < -0.4 is 0 Å². The van der Waals surface area contributed by atoms with Gasteiger partial charge in [-0.3, -0.25) is 19.6 Å². The standard InChI is InChI=1S/C12H19NO5/c1-5-7(2)11(16)18-12(3,4)8-6-9(14)13(17)10(8)15/h7-8,17H,5-6H2,1-4H3. The van der Waals surface area contributed by atoms with E-state index in [1.165, 1.54) is 0 Å². The van der Waals surface area contributed by atoms with Crippen LogP contribution in [-0.2, 0) is 19.1 Å². The molecule has 1 aliphatic heterocycles. The average Bonchev–Trinajstić information content (AvgIpc) is 2.55. The van der Waals surface area contributed by atoms with Crippen molar-refractivity contribution < 1.29 is 24.3 Å². The van der Waals surface area contributed by atoms with Gasteiger partial charge in [0.2, 0.25) is 0 Å². The predicted octanol–water partition coefficient (Wildman–Crippen LogP) is 1.12. The lowest BCUT2D eigenvalue weighted by molar-refractivity contribution is -0.178. The van der Waals surface area contributed by atoms with Crippen molar-refractivity contribution >= 4 is 17.8 Å². The molecule has 1 fully saturated rings. The smallest absolute Gasteiger partial charge is 0.309 e. The van der Waals surface area contributed by atoms with Gasteiger partial charge in [0.1, 0.15) is 5.60 Å². The third-order valence-electron chi connectivity index (χ3n) is 3.34. The number of hydrogen-bond acceptors (Lipinski definition) is 5. The summed E-state index contributed by atoms with van der Waals surface area (Å²) in [4.78, 5) is 34.6. The molecule has 0 spiro atoms. The third kappa shape index (κ3) is 2.69. The molecule has 0 bridgehead atoms. The summed E-state index contributed by atoms with van der Waals surface area (Å²) in [7, 11) is 0. The highest BCUT2D eigenvalue weighted by Gasteiger charge is 2.49. The number of esters is 1. The average molecular weight is 257 g/mol. The van der Waals surface area contributed by atoms with Gasteiger partial charge >= 0.3 is 5.97 Å². The molecule has 2 amide bonds. The van der Waals surface area contributed by atoms with E-state index in [1.807, 2.05) is 6.92 Å². The van der Waals surface area contributed by atoms with Gasteiger partial charge in [-0.25, -0.2) is 0 Å². The van der Waals surface area contributed by atoms with E-state index in [9.17, 15) is 19.6 Å². The fourth-order valence-electron chi connectivity index (χ4n) is 1.76. The molecule has 0 aromatic carbocycles. The molecule has 2 atom stereocenters. The molecule has 1 saturated heterocycles. The minimum absolute atomic E-state index is 0.101. The molecule has 0 aliphatic carbocycles. The number of hydroxylamine groups is 2. The second-order valence-corrected chi connectivity index (χ2v) is 5.13. The summed E-state index contributed by atoms with van der Waals surface area (Å²) in [6.45, 7) is 6.74. The second kappa shape index (κ2) is 5.06. The van der Waals surface area contributed by atoms with Crippen molar-refractivity contribution in [1.29, 1.82) is 0 Å². The lowest BCUT2D eigenvalue weighted by Gasteiger charge is -2.30. The third-order valence-corrected chi connectivity index (χ3v) is 3.34. The topological polar surface area (TPSA) is 83.9 Å². The monoisotopic (exact) mass is 257 g/mol. The van der Waals surface area contributed by atoms with Gasteiger partial charge in [0, 0.05) is 6.42 Å². The first-order valence-corrected chi connectivity index (χ1v) is 5.99. The van der Waals surface area contributed by atoms with Gasteiger partial charge in [-0.05, 0) is 20.3 Å². The number of imide groups is 1. The van der Waals surface area contributed by atoms with Crippen molar-refractivity contribution in [1.82, 2.24) is 5.06 Å². The van der Waals surface area contributed by atoms with E-state index in [0.29, 0.717) is 6.42 Å². The Hall–Kier alpha value is -1.43. The summed E-state index contributed by atoms with van der Waals surface area (Å²) < 4.78 is 5.29. The van der Waals surface area contributed by atoms with Crippen molar-refractivity contribution in [3.8, 4) is 0 Å². The predicted molar refractivity (Wildman–Crippen MR) is 61.4 cm³/mol. The normalized spacial score (nSPS) is 22.3. The molecule has 2 unspecified atom stereocenters. The zero-order chi connectivity index (χ0) is 14.1.